The van der Waals surface area contributed by atoms with Crippen molar-refractivity contribution in [2.45, 2.75) is 98.9 Å². The predicted molar refractivity (Wildman–Crippen MR) is 141 cm³/mol. The van der Waals surface area contributed by atoms with Gasteiger partial charge in [-0.15, -0.1) is 0 Å². The highest BCUT2D eigenvalue weighted by molar-refractivity contribution is 5.88. The predicted octanol–water partition coefficient (Wildman–Crippen LogP) is 5.47. The number of furan rings is 1. The molecule has 0 spiro atoms. The normalized spacial score (nSPS) is 29.9. The number of aliphatic carboxylic acids is 1. The van der Waals surface area contributed by atoms with Crippen LogP contribution in [0.5, 0.6) is 0 Å². The summed E-state index contributed by atoms with van der Waals surface area (Å²) in [5, 5.41) is 20.7. The van der Waals surface area contributed by atoms with Gasteiger partial charge in [-0.3, -0.25) is 0 Å². The molecule has 38 heavy (non-hydrogen) atoms. The number of esters is 2. The van der Waals surface area contributed by atoms with Crippen LogP contribution in [-0.4, -0.2) is 39.8 Å². The van der Waals surface area contributed by atoms with Gasteiger partial charge in [-0.1, -0.05) is 32.9 Å². The molecule has 8 heteroatoms. The molecule has 1 saturated carbocycles. The second kappa shape index (κ2) is 11.1. The molecule has 210 valence electrons. The highest BCUT2D eigenvalue weighted by atomic mass is 16.6. The Kier molecular flexibility index (Phi) is 8.66. The van der Waals surface area contributed by atoms with Gasteiger partial charge in [0, 0.05) is 34.5 Å². The largest absolute Gasteiger partial charge is 0.478 e. The number of aliphatic hydroxyl groups is 1. The van der Waals surface area contributed by atoms with Gasteiger partial charge in [0.2, 0.25) is 0 Å². The van der Waals surface area contributed by atoms with E-state index in [-0.39, 0.29) is 35.9 Å². The minimum atomic E-state index is -1.93. The third kappa shape index (κ3) is 5.20. The van der Waals surface area contributed by atoms with Gasteiger partial charge in [0.15, 0.2) is 5.60 Å². The Bertz CT molecular complexity index is 1140. The van der Waals surface area contributed by atoms with Crippen LogP contribution in [0, 0.1) is 30.1 Å². The number of fused-ring (bicyclic) bond motifs is 2. The third-order valence-corrected chi connectivity index (χ3v) is 9.29. The molecule has 0 amide bonds. The molecule has 1 heterocycles. The third-order valence-electron chi connectivity index (χ3n) is 9.29. The van der Waals surface area contributed by atoms with Gasteiger partial charge in [0.1, 0.15) is 18.0 Å². The summed E-state index contributed by atoms with van der Waals surface area (Å²) in [6.45, 7) is 14.2. The Morgan fingerprint density at radius 3 is 2.47 bits per heavy atom. The van der Waals surface area contributed by atoms with Crippen LogP contribution in [0.25, 0.3) is 0 Å². The lowest BCUT2D eigenvalue weighted by molar-refractivity contribution is -0.202. The van der Waals surface area contributed by atoms with Gasteiger partial charge >= 0.3 is 17.9 Å². The molecule has 1 aromatic rings. The first kappa shape index (κ1) is 29.7. The Hall–Kier alpha value is -2.87. The summed E-state index contributed by atoms with van der Waals surface area (Å²) in [5.74, 6) is -2.34. The Morgan fingerprint density at radius 2 is 1.89 bits per heavy atom. The van der Waals surface area contributed by atoms with E-state index in [1.54, 1.807) is 40.0 Å². The fourth-order valence-electron chi connectivity index (χ4n) is 5.98. The van der Waals surface area contributed by atoms with Crippen molar-refractivity contribution in [3.8, 4) is 0 Å². The molecule has 1 aromatic heterocycles. The summed E-state index contributed by atoms with van der Waals surface area (Å²) in [4.78, 5) is 37.8. The molecular formula is C30H42O8. The fourth-order valence-corrected chi connectivity index (χ4v) is 5.98. The van der Waals surface area contributed by atoms with Crippen molar-refractivity contribution < 1.29 is 38.5 Å². The van der Waals surface area contributed by atoms with Crippen LogP contribution in [0.1, 0.15) is 90.7 Å². The van der Waals surface area contributed by atoms with Crippen molar-refractivity contribution in [2.24, 2.45) is 23.2 Å². The quantitative estimate of drug-likeness (QED) is 0.335. The van der Waals surface area contributed by atoms with Crippen molar-refractivity contribution in [2.75, 3.05) is 0 Å². The summed E-state index contributed by atoms with van der Waals surface area (Å²) in [5.41, 5.74) is -0.237. The molecule has 0 radical (unpaired) electrons. The molecule has 7 atom stereocenters. The van der Waals surface area contributed by atoms with Crippen LogP contribution in [0.15, 0.2) is 34.0 Å². The van der Waals surface area contributed by atoms with Crippen molar-refractivity contribution in [1.82, 2.24) is 0 Å². The van der Waals surface area contributed by atoms with Crippen LogP contribution < -0.4 is 0 Å². The number of ether oxygens (including phenoxy) is 2. The number of carbonyl (C=O) groups excluding carboxylic acids is 2. The number of rotatable bonds is 8. The Morgan fingerprint density at radius 1 is 1.24 bits per heavy atom. The van der Waals surface area contributed by atoms with E-state index in [9.17, 15) is 24.6 Å². The summed E-state index contributed by atoms with van der Waals surface area (Å²) >= 11 is 0. The molecule has 0 saturated heterocycles. The van der Waals surface area contributed by atoms with E-state index in [4.69, 9.17) is 13.9 Å². The van der Waals surface area contributed by atoms with Crippen LogP contribution in [0.4, 0.5) is 0 Å². The fraction of sp³-hybridized carbons (Fsp3) is 0.633. The lowest BCUT2D eigenvalue weighted by Crippen LogP contribution is -2.55. The second-order valence-corrected chi connectivity index (χ2v) is 11.5. The first-order valence-electron chi connectivity index (χ1n) is 13.4. The zero-order valence-corrected chi connectivity index (χ0v) is 23.8. The number of hydrogen-bond donors (Lipinski definition) is 2. The number of carboxylic acids is 1. The molecule has 2 aliphatic rings. The van der Waals surface area contributed by atoms with Crippen molar-refractivity contribution in [1.29, 1.82) is 0 Å². The van der Waals surface area contributed by atoms with Gasteiger partial charge in [-0.2, -0.15) is 0 Å². The van der Waals surface area contributed by atoms with E-state index in [2.05, 4.69) is 13.8 Å². The number of aryl methyl sites for hydroxylation is 1. The zero-order valence-electron chi connectivity index (χ0n) is 23.8. The summed E-state index contributed by atoms with van der Waals surface area (Å²) < 4.78 is 18.1. The molecule has 8 nitrogen and oxygen atoms in total. The van der Waals surface area contributed by atoms with Crippen LogP contribution in [0.2, 0.25) is 0 Å². The van der Waals surface area contributed by atoms with Gasteiger partial charge in [0.05, 0.1) is 6.26 Å². The molecule has 0 aliphatic heterocycles. The van der Waals surface area contributed by atoms with Gasteiger partial charge in [-0.25, -0.2) is 14.4 Å². The van der Waals surface area contributed by atoms with Gasteiger partial charge in [0.25, 0.3) is 0 Å². The number of carbonyl (C=O) groups is 3. The van der Waals surface area contributed by atoms with Crippen LogP contribution in [0.3, 0.4) is 0 Å². The molecule has 1 fully saturated rings. The van der Waals surface area contributed by atoms with Crippen LogP contribution in [-0.2, 0) is 30.3 Å². The summed E-state index contributed by atoms with van der Waals surface area (Å²) in [6, 6.07) is 0. The van der Waals surface area contributed by atoms with Crippen LogP contribution >= 0.6 is 0 Å². The molecule has 0 bridgehead atoms. The maximum Gasteiger partial charge on any atom is 0.338 e. The first-order valence-corrected chi connectivity index (χ1v) is 13.4. The van der Waals surface area contributed by atoms with Crippen molar-refractivity contribution >= 4 is 17.9 Å². The number of hydrogen-bond acceptors (Lipinski definition) is 7. The summed E-state index contributed by atoms with van der Waals surface area (Å²) in [7, 11) is 0. The Balaban J connectivity index is 1.99. The molecule has 3 rings (SSSR count). The van der Waals surface area contributed by atoms with Gasteiger partial charge in [-0.05, 0) is 71.3 Å². The van der Waals surface area contributed by atoms with E-state index >= 15 is 0 Å². The molecular weight excluding hydrogens is 488 g/mol. The minimum absolute atomic E-state index is 0.00715. The Labute approximate surface area is 225 Å². The molecule has 0 unspecified atom stereocenters. The molecule has 2 aliphatic carbocycles. The zero-order chi connectivity index (χ0) is 28.6. The number of allylic oxidation sites excluding steroid dienone is 2. The smallest absolute Gasteiger partial charge is 0.338 e. The standard InChI is InChI=1S/C30H42O8/c1-9-16(3)27(33)37-22-12-11-18(5)29(7)21(22)14-23-24(17(4)15-36-23)25(29)38-28(34)30(8,35)19(6)13-20(10-2)26(31)32/h9-10,15,18-19,21-22,25,35H,11-14H2,1-8H3,(H,31,32)/b16-9-,20-10-/t18-,19+,21-,22+,25+,29+,30+/m0/s1. The SMILES string of the molecule is C/C=C(/C)C(=O)O[C@@H]1CC[C@H](C)[C@@]2(C)[C@H](OC(=O)[C@](C)(O)[C@H](C)C/C(=C/C)C(=O)O)c3c(C)coc3C[C@@H]12. The van der Waals surface area contributed by atoms with E-state index in [1.807, 2.05) is 6.92 Å². The maximum atomic E-state index is 13.6. The van der Waals surface area contributed by atoms with E-state index < -0.39 is 35.0 Å². The average molecular weight is 531 g/mol. The van der Waals surface area contributed by atoms with E-state index in [0.29, 0.717) is 24.2 Å². The lowest BCUT2D eigenvalue weighted by Gasteiger charge is -2.55. The molecule has 2 N–H and O–H groups in total. The summed E-state index contributed by atoms with van der Waals surface area (Å²) in [6.07, 6.45) is 5.73. The van der Waals surface area contributed by atoms with Crippen molar-refractivity contribution in [3.05, 3.63) is 46.4 Å². The van der Waals surface area contributed by atoms with E-state index in [1.165, 1.54) is 13.0 Å². The maximum absolute atomic E-state index is 13.6. The monoisotopic (exact) mass is 530 g/mol. The average Bonchev–Trinajstić information content (AvgIpc) is 3.24. The highest BCUT2D eigenvalue weighted by Gasteiger charge is 2.59. The number of carboxylic acid groups (broad SMARTS) is 1. The van der Waals surface area contributed by atoms with E-state index in [0.717, 1.165) is 17.5 Å². The van der Waals surface area contributed by atoms with Gasteiger partial charge < -0.3 is 24.1 Å². The lowest BCUT2D eigenvalue weighted by atomic mass is 9.53. The topological polar surface area (TPSA) is 123 Å². The molecule has 0 aromatic carbocycles. The first-order chi connectivity index (χ1) is 17.7. The highest BCUT2D eigenvalue weighted by Crippen LogP contribution is 2.60. The minimum Gasteiger partial charge on any atom is -0.478 e. The van der Waals surface area contributed by atoms with Crippen molar-refractivity contribution in [3.63, 3.8) is 0 Å². The second-order valence-electron chi connectivity index (χ2n) is 11.5.